The van der Waals surface area contributed by atoms with Gasteiger partial charge in [-0.05, 0) is 19.1 Å². The first kappa shape index (κ1) is 11.4. The molecule has 0 aromatic rings. The summed E-state index contributed by atoms with van der Waals surface area (Å²) >= 11 is 4.04. The van der Waals surface area contributed by atoms with Gasteiger partial charge in [0, 0.05) is 12.7 Å². The number of carboxylic acid groups (broad SMARTS) is 1. The molecule has 0 saturated heterocycles. The lowest BCUT2D eigenvalue weighted by Gasteiger charge is -2.25. The molecule has 1 atom stereocenters. The van der Waals surface area contributed by atoms with Gasteiger partial charge in [-0.1, -0.05) is 6.58 Å². The van der Waals surface area contributed by atoms with Gasteiger partial charge in [0.2, 0.25) is 0 Å². The van der Waals surface area contributed by atoms with Crippen LogP contribution in [0.2, 0.25) is 0 Å². The number of thiol groups is 1. The predicted molar refractivity (Wildman–Crippen MR) is 52.5 cm³/mol. The zero-order chi connectivity index (χ0) is 9.72. The third-order valence-corrected chi connectivity index (χ3v) is 2.06. The summed E-state index contributed by atoms with van der Waals surface area (Å²) in [6.45, 7) is 5.39. The molecule has 1 N–H and O–H groups in total. The largest absolute Gasteiger partial charge is 0.480 e. The number of likely N-dealkylation sites (N-methyl/N-ethyl adjacent to an activating group) is 1. The molecule has 0 bridgehead atoms. The van der Waals surface area contributed by atoms with E-state index in [0.717, 1.165) is 12.1 Å². The van der Waals surface area contributed by atoms with Crippen LogP contribution in [0.3, 0.4) is 0 Å². The van der Waals surface area contributed by atoms with Crippen LogP contribution in [0.15, 0.2) is 12.3 Å². The highest BCUT2D eigenvalue weighted by Gasteiger charge is 2.16. The molecule has 0 aliphatic rings. The Kier molecular flexibility index (Phi) is 4.81. The number of rotatable bonds is 5. The first-order valence-corrected chi connectivity index (χ1v) is 4.38. The Labute approximate surface area is 78.5 Å². The molecule has 0 aliphatic carbocycles. The fraction of sp³-hybridized carbons (Fsp3) is 0.625. The van der Waals surface area contributed by atoms with E-state index in [0.29, 0.717) is 5.75 Å². The number of carbonyl (C=O) groups is 1. The Hall–Kier alpha value is -0.640. The highest BCUT2D eigenvalue weighted by atomic mass is 32.1. The summed E-state index contributed by atoms with van der Waals surface area (Å²) in [4.78, 5) is 12.2. The molecule has 0 spiro atoms. The molecule has 0 amide bonds. The summed E-state index contributed by atoms with van der Waals surface area (Å²) in [7, 11) is 1.73. The maximum Gasteiger partial charge on any atom is 0.326 e. The van der Waals surface area contributed by atoms with E-state index in [4.69, 9.17) is 5.11 Å². The SMILES string of the molecule is C=C(CCS)N(C)[C@@H](C)C(=O)O. The van der Waals surface area contributed by atoms with E-state index >= 15 is 0 Å². The number of carboxylic acids is 1. The van der Waals surface area contributed by atoms with Crippen LogP contribution in [0.5, 0.6) is 0 Å². The highest BCUT2D eigenvalue weighted by Crippen LogP contribution is 2.09. The van der Waals surface area contributed by atoms with Crippen molar-refractivity contribution in [2.24, 2.45) is 0 Å². The van der Waals surface area contributed by atoms with Crippen LogP contribution in [-0.4, -0.2) is 34.8 Å². The van der Waals surface area contributed by atoms with Crippen molar-refractivity contribution in [2.75, 3.05) is 12.8 Å². The van der Waals surface area contributed by atoms with Gasteiger partial charge < -0.3 is 10.0 Å². The quantitative estimate of drug-likeness (QED) is 0.639. The zero-order valence-corrected chi connectivity index (χ0v) is 8.34. The molecule has 0 aromatic heterocycles. The van der Waals surface area contributed by atoms with Gasteiger partial charge in [0.15, 0.2) is 0 Å². The Morgan fingerprint density at radius 2 is 2.25 bits per heavy atom. The minimum Gasteiger partial charge on any atom is -0.480 e. The maximum atomic E-state index is 10.5. The van der Waals surface area contributed by atoms with E-state index < -0.39 is 12.0 Å². The number of aliphatic carboxylic acids is 1. The van der Waals surface area contributed by atoms with E-state index in [1.165, 1.54) is 0 Å². The van der Waals surface area contributed by atoms with Crippen molar-refractivity contribution in [2.45, 2.75) is 19.4 Å². The Balaban J connectivity index is 4.09. The minimum atomic E-state index is -0.835. The number of allylic oxidation sites excluding steroid dienone is 1. The van der Waals surface area contributed by atoms with Crippen molar-refractivity contribution < 1.29 is 9.90 Å². The molecule has 0 heterocycles. The molecule has 0 rings (SSSR count). The van der Waals surface area contributed by atoms with Crippen LogP contribution in [0, 0.1) is 0 Å². The lowest BCUT2D eigenvalue weighted by Crippen LogP contribution is -2.34. The van der Waals surface area contributed by atoms with Crippen LogP contribution in [-0.2, 0) is 4.79 Å². The van der Waals surface area contributed by atoms with Gasteiger partial charge >= 0.3 is 5.97 Å². The Bertz CT molecular complexity index is 182. The van der Waals surface area contributed by atoms with Crippen molar-refractivity contribution in [3.05, 3.63) is 12.3 Å². The lowest BCUT2D eigenvalue weighted by atomic mass is 10.2. The number of hydrogen-bond donors (Lipinski definition) is 2. The second-order valence-electron chi connectivity index (χ2n) is 2.66. The molecule has 4 heteroatoms. The Morgan fingerprint density at radius 1 is 1.75 bits per heavy atom. The molecule has 0 saturated carbocycles. The molecule has 0 radical (unpaired) electrons. The topological polar surface area (TPSA) is 40.5 Å². The summed E-state index contributed by atoms with van der Waals surface area (Å²) in [6, 6.07) is -0.516. The van der Waals surface area contributed by atoms with Crippen molar-refractivity contribution >= 4 is 18.6 Å². The predicted octanol–water partition coefficient (Wildman–Crippen LogP) is 1.22. The van der Waals surface area contributed by atoms with E-state index in [2.05, 4.69) is 19.2 Å². The summed E-state index contributed by atoms with van der Waals surface area (Å²) in [6.07, 6.45) is 0.719. The molecule has 0 unspecified atom stereocenters. The van der Waals surface area contributed by atoms with Crippen molar-refractivity contribution in [1.82, 2.24) is 4.90 Å². The lowest BCUT2D eigenvalue weighted by molar-refractivity contribution is -0.141. The second kappa shape index (κ2) is 5.09. The van der Waals surface area contributed by atoms with Gasteiger partial charge in [-0.15, -0.1) is 0 Å². The number of hydrogen-bond acceptors (Lipinski definition) is 3. The first-order chi connectivity index (χ1) is 5.50. The normalized spacial score (nSPS) is 12.2. The third kappa shape index (κ3) is 3.17. The van der Waals surface area contributed by atoms with E-state index in [9.17, 15) is 4.79 Å². The van der Waals surface area contributed by atoms with Gasteiger partial charge in [-0.3, -0.25) is 0 Å². The Morgan fingerprint density at radius 3 is 2.58 bits per heavy atom. The second-order valence-corrected chi connectivity index (χ2v) is 3.11. The fourth-order valence-corrected chi connectivity index (χ4v) is 1.00. The molecule has 3 nitrogen and oxygen atoms in total. The molecule has 70 valence electrons. The van der Waals surface area contributed by atoms with Gasteiger partial charge in [0.25, 0.3) is 0 Å². The fourth-order valence-electron chi connectivity index (χ4n) is 0.745. The van der Waals surface area contributed by atoms with Crippen molar-refractivity contribution in [1.29, 1.82) is 0 Å². The summed E-state index contributed by atoms with van der Waals surface area (Å²) in [5, 5.41) is 8.67. The molecule has 0 aliphatic heterocycles. The van der Waals surface area contributed by atoms with Crippen molar-refractivity contribution in [3.63, 3.8) is 0 Å². The highest BCUT2D eigenvalue weighted by molar-refractivity contribution is 7.80. The average molecular weight is 189 g/mol. The summed E-state index contributed by atoms with van der Waals surface area (Å²) in [5.74, 6) is -0.145. The average Bonchev–Trinajstić information content (AvgIpc) is 2.02. The minimum absolute atomic E-state index is 0.516. The van der Waals surface area contributed by atoms with Gasteiger partial charge in [-0.2, -0.15) is 12.6 Å². The molecule has 0 fully saturated rings. The zero-order valence-electron chi connectivity index (χ0n) is 7.45. The van der Waals surface area contributed by atoms with E-state index in [1.54, 1.807) is 18.9 Å². The van der Waals surface area contributed by atoms with Crippen LogP contribution < -0.4 is 0 Å². The third-order valence-electron chi connectivity index (χ3n) is 1.84. The molecule has 0 aromatic carbocycles. The smallest absolute Gasteiger partial charge is 0.326 e. The molecule has 12 heavy (non-hydrogen) atoms. The van der Waals surface area contributed by atoms with Crippen LogP contribution in [0.4, 0.5) is 0 Å². The van der Waals surface area contributed by atoms with Crippen molar-refractivity contribution in [3.8, 4) is 0 Å². The van der Waals surface area contributed by atoms with Gasteiger partial charge in [-0.25, -0.2) is 4.79 Å². The standard InChI is InChI=1S/C8H15NO2S/c1-6(4-5-12)9(3)7(2)8(10)11/h7,12H,1,4-5H2,2-3H3,(H,10,11)/t7-/m0/s1. The molecular formula is C8H15NO2S. The monoisotopic (exact) mass is 189 g/mol. The van der Waals surface area contributed by atoms with Crippen LogP contribution in [0.25, 0.3) is 0 Å². The maximum absolute atomic E-state index is 10.5. The van der Waals surface area contributed by atoms with Gasteiger partial charge in [0.1, 0.15) is 6.04 Å². The first-order valence-electron chi connectivity index (χ1n) is 3.75. The van der Waals surface area contributed by atoms with Crippen LogP contribution in [0.1, 0.15) is 13.3 Å². The van der Waals surface area contributed by atoms with E-state index in [1.807, 2.05) is 0 Å². The number of nitrogens with zero attached hydrogens (tertiary/aromatic N) is 1. The van der Waals surface area contributed by atoms with Gasteiger partial charge in [0.05, 0.1) is 0 Å². The molecular weight excluding hydrogens is 174 g/mol. The van der Waals surface area contributed by atoms with E-state index in [-0.39, 0.29) is 0 Å². The van der Waals surface area contributed by atoms with Crippen LogP contribution >= 0.6 is 12.6 Å². The summed E-state index contributed by atoms with van der Waals surface area (Å²) < 4.78 is 0. The summed E-state index contributed by atoms with van der Waals surface area (Å²) in [5.41, 5.74) is 0.805.